The Labute approximate surface area is 172 Å². The normalized spacial score (nSPS) is 12.4. The van der Waals surface area contributed by atoms with Gasteiger partial charge in [-0.3, -0.25) is 4.99 Å². The number of benzene rings is 1. The molecule has 1 atom stereocenters. The molecule has 0 saturated heterocycles. The van der Waals surface area contributed by atoms with Crippen molar-refractivity contribution in [3.8, 4) is 0 Å². The van der Waals surface area contributed by atoms with Gasteiger partial charge in [0.15, 0.2) is 5.96 Å². The molecule has 144 valence electrons. The minimum atomic E-state index is -0.491. The molecule has 0 aliphatic rings. The van der Waals surface area contributed by atoms with Gasteiger partial charge in [-0.1, -0.05) is 35.5 Å². The number of aromatic nitrogens is 1. The molecule has 0 bridgehead atoms. The summed E-state index contributed by atoms with van der Waals surface area (Å²) < 4.78 is 5.18. The van der Waals surface area contributed by atoms with Gasteiger partial charge in [-0.25, -0.2) is 0 Å². The molecule has 1 unspecified atom stereocenters. The number of aliphatic hydroxyl groups excluding tert-OH is 1. The van der Waals surface area contributed by atoms with Crippen LogP contribution in [-0.4, -0.2) is 35.9 Å². The summed E-state index contributed by atoms with van der Waals surface area (Å²) in [5.74, 6) is 1.63. The number of hydrogen-bond donors (Lipinski definition) is 3. The van der Waals surface area contributed by atoms with Crippen molar-refractivity contribution in [2.75, 3.05) is 19.6 Å². The smallest absolute Gasteiger partial charge is 0.191 e. The summed E-state index contributed by atoms with van der Waals surface area (Å²) in [6, 6.07) is 9.67. The van der Waals surface area contributed by atoms with Crippen molar-refractivity contribution in [1.29, 1.82) is 0 Å². The van der Waals surface area contributed by atoms with Crippen molar-refractivity contribution in [2.45, 2.75) is 39.7 Å². The lowest BCUT2D eigenvalue weighted by Crippen LogP contribution is -2.38. The highest BCUT2D eigenvalue weighted by molar-refractivity contribution is 14.0. The first-order valence-electron chi connectivity index (χ1n) is 8.78. The number of guanidine groups is 1. The van der Waals surface area contributed by atoms with Crippen LogP contribution in [0.4, 0.5) is 0 Å². The van der Waals surface area contributed by atoms with Crippen LogP contribution in [0.3, 0.4) is 0 Å². The predicted molar refractivity (Wildman–Crippen MR) is 115 cm³/mol. The molecule has 2 aromatic rings. The standard InChI is InChI=1S/C19H28N4O2.HI/c1-4-20-19(21-12-10-17-14(2)23-25-15(17)3)22-13-11-18(24)16-8-6-5-7-9-16;/h5-9,18,24H,4,10-13H2,1-3H3,(H2,20,21,22);1H. The van der Waals surface area contributed by atoms with Crippen LogP contribution in [0.25, 0.3) is 0 Å². The molecule has 1 aromatic carbocycles. The molecule has 7 heteroatoms. The third kappa shape index (κ3) is 6.95. The maximum Gasteiger partial charge on any atom is 0.191 e. The van der Waals surface area contributed by atoms with Gasteiger partial charge < -0.3 is 20.3 Å². The van der Waals surface area contributed by atoms with Gasteiger partial charge in [0.05, 0.1) is 11.8 Å². The van der Waals surface area contributed by atoms with Gasteiger partial charge in [0.25, 0.3) is 0 Å². The molecular weight excluding hydrogens is 443 g/mol. The van der Waals surface area contributed by atoms with Crippen molar-refractivity contribution in [3.05, 3.63) is 52.9 Å². The molecule has 1 heterocycles. The topological polar surface area (TPSA) is 82.7 Å². The molecular formula is C19H29IN4O2. The van der Waals surface area contributed by atoms with E-state index in [4.69, 9.17) is 4.52 Å². The molecule has 1 aromatic heterocycles. The van der Waals surface area contributed by atoms with Crippen LogP contribution in [0.15, 0.2) is 39.8 Å². The number of nitrogens with zero attached hydrogens (tertiary/aromatic N) is 2. The molecule has 0 amide bonds. The number of aliphatic hydroxyl groups is 1. The van der Waals surface area contributed by atoms with Crippen LogP contribution in [0.1, 0.15) is 42.0 Å². The van der Waals surface area contributed by atoms with Crippen LogP contribution >= 0.6 is 24.0 Å². The SMILES string of the molecule is CCNC(=NCCC(O)c1ccccc1)NCCc1c(C)noc1C.I. The van der Waals surface area contributed by atoms with Gasteiger partial charge in [-0.15, -0.1) is 24.0 Å². The van der Waals surface area contributed by atoms with Gasteiger partial charge in [0, 0.05) is 25.2 Å². The Hall–Kier alpha value is -1.61. The largest absolute Gasteiger partial charge is 0.388 e. The molecule has 2 rings (SSSR count). The van der Waals surface area contributed by atoms with E-state index in [-0.39, 0.29) is 24.0 Å². The van der Waals surface area contributed by atoms with E-state index in [1.807, 2.05) is 51.1 Å². The second-order valence-electron chi connectivity index (χ2n) is 5.96. The Balaban J connectivity index is 0.00000338. The third-order valence-electron chi connectivity index (χ3n) is 4.05. The van der Waals surface area contributed by atoms with E-state index in [1.165, 1.54) is 0 Å². The fraction of sp³-hybridized carbons (Fsp3) is 0.474. The summed E-state index contributed by atoms with van der Waals surface area (Å²) in [5.41, 5.74) is 3.00. The average Bonchev–Trinajstić information content (AvgIpc) is 2.94. The van der Waals surface area contributed by atoms with E-state index in [2.05, 4.69) is 20.8 Å². The number of halogens is 1. The highest BCUT2D eigenvalue weighted by atomic mass is 127. The highest BCUT2D eigenvalue weighted by Gasteiger charge is 2.09. The number of rotatable bonds is 8. The Morgan fingerprint density at radius 3 is 2.58 bits per heavy atom. The van der Waals surface area contributed by atoms with Gasteiger partial charge in [-0.05, 0) is 39.2 Å². The fourth-order valence-electron chi connectivity index (χ4n) is 2.65. The zero-order valence-corrected chi connectivity index (χ0v) is 18.0. The quantitative estimate of drug-likeness (QED) is 0.313. The molecule has 0 spiro atoms. The average molecular weight is 472 g/mol. The molecule has 0 saturated carbocycles. The van der Waals surface area contributed by atoms with Gasteiger partial charge in [0.2, 0.25) is 0 Å². The first kappa shape index (κ1) is 22.4. The number of nitrogens with one attached hydrogen (secondary N) is 2. The first-order chi connectivity index (χ1) is 12.1. The van der Waals surface area contributed by atoms with Crippen molar-refractivity contribution in [3.63, 3.8) is 0 Å². The minimum Gasteiger partial charge on any atom is -0.388 e. The lowest BCUT2D eigenvalue weighted by Gasteiger charge is -2.13. The predicted octanol–water partition coefficient (Wildman–Crippen LogP) is 3.13. The van der Waals surface area contributed by atoms with Crippen LogP contribution in [-0.2, 0) is 6.42 Å². The molecule has 26 heavy (non-hydrogen) atoms. The summed E-state index contributed by atoms with van der Waals surface area (Å²) in [6.07, 6.45) is 0.929. The van der Waals surface area contributed by atoms with Crippen molar-refractivity contribution < 1.29 is 9.63 Å². The monoisotopic (exact) mass is 472 g/mol. The maximum absolute atomic E-state index is 10.2. The van der Waals surface area contributed by atoms with E-state index in [0.717, 1.165) is 48.1 Å². The highest BCUT2D eigenvalue weighted by Crippen LogP contribution is 2.15. The summed E-state index contributed by atoms with van der Waals surface area (Å²) in [5, 5.41) is 20.7. The zero-order valence-electron chi connectivity index (χ0n) is 15.7. The Morgan fingerprint density at radius 2 is 1.96 bits per heavy atom. The number of hydrogen-bond acceptors (Lipinski definition) is 4. The van der Waals surface area contributed by atoms with Crippen LogP contribution in [0.2, 0.25) is 0 Å². The Kier molecular flexibility index (Phi) is 10.3. The zero-order chi connectivity index (χ0) is 18.1. The summed E-state index contributed by atoms with van der Waals surface area (Å²) in [6.45, 7) is 8.01. The summed E-state index contributed by atoms with van der Waals surface area (Å²) in [4.78, 5) is 4.54. The second-order valence-corrected chi connectivity index (χ2v) is 5.96. The first-order valence-corrected chi connectivity index (χ1v) is 8.78. The Morgan fingerprint density at radius 1 is 1.23 bits per heavy atom. The fourth-order valence-corrected chi connectivity index (χ4v) is 2.65. The van der Waals surface area contributed by atoms with E-state index >= 15 is 0 Å². The molecule has 0 fully saturated rings. The van der Waals surface area contributed by atoms with Gasteiger partial charge in [-0.2, -0.15) is 0 Å². The molecule has 6 nitrogen and oxygen atoms in total. The molecule has 3 N–H and O–H groups in total. The van der Waals surface area contributed by atoms with Gasteiger partial charge >= 0.3 is 0 Å². The van der Waals surface area contributed by atoms with Crippen LogP contribution in [0, 0.1) is 13.8 Å². The third-order valence-corrected chi connectivity index (χ3v) is 4.05. The summed E-state index contributed by atoms with van der Waals surface area (Å²) in [7, 11) is 0. The maximum atomic E-state index is 10.2. The van der Waals surface area contributed by atoms with E-state index in [0.29, 0.717) is 13.0 Å². The van der Waals surface area contributed by atoms with E-state index in [9.17, 15) is 5.11 Å². The van der Waals surface area contributed by atoms with E-state index in [1.54, 1.807) is 0 Å². The van der Waals surface area contributed by atoms with Crippen molar-refractivity contribution in [2.24, 2.45) is 4.99 Å². The van der Waals surface area contributed by atoms with E-state index < -0.39 is 6.10 Å². The second kappa shape index (κ2) is 11.9. The number of aliphatic imine (C=N–C) groups is 1. The molecule has 0 aliphatic carbocycles. The minimum absolute atomic E-state index is 0. The van der Waals surface area contributed by atoms with Crippen LogP contribution < -0.4 is 10.6 Å². The van der Waals surface area contributed by atoms with Crippen molar-refractivity contribution >= 4 is 29.9 Å². The van der Waals surface area contributed by atoms with Crippen LogP contribution in [0.5, 0.6) is 0 Å². The summed E-state index contributed by atoms with van der Waals surface area (Å²) >= 11 is 0. The number of aryl methyl sites for hydroxylation is 2. The lowest BCUT2D eigenvalue weighted by molar-refractivity contribution is 0.170. The van der Waals surface area contributed by atoms with Gasteiger partial charge in [0.1, 0.15) is 5.76 Å². The molecule has 0 radical (unpaired) electrons. The molecule has 0 aliphatic heterocycles. The lowest BCUT2D eigenvalue weighted by atomic mass is 10.1. The van der Waals surface area contributed by atoms with Crippen molar-refractivity contribution in [1.82, 2.24) is 15.8 Å². The Bertz CT molecular complexity index is 654.